The average Bonchev–Trinajstić information content (AvgIpc) is 1.96. The Morgan fingerprint density at radius 3 is 2.55 bits per heavy atom. The van der Waals surface area contributed by atoms with Gasteiger partial charge in [-0.1, -0.05) is 30.4 Å². The highest BCUT2D eigenvalue weighted by molar-refractivity contribution is 5.53. The van der Waals surface area contributed by atoms with E-state index in [-0.39, 0.29) is 0 Å². The minimum atomic E-state index is 1.28. The van der Waals surface area contributed by atoms with Crippen LogP contribution in [0.15, 0.2) is 24.3 Å². The zero-order valence-corrected chi connectivity index (χ0v) is 6.80. The molecule has 56 valence electrons. The number of aryl methyl sites for hydroxylation is 2. The van der Waals surface area contributed by atoms with Crippen LogP contribution in [-0.2, 0) is 12.8 Å². The Hall–Kier alpha value is -1.04. The summed E-state index contributed by atoms with van der Waals surface area (Å²) in [5, 5.41) is 0. The fraction of sp³-hybridized carbons (Fsp3) is 0.273. The Morgan fingerprint density at radius 1 is 1.18 bits per heavy atom. The summed E-state index contributed by atoms with van der Waals surface area (Å²) in [6.45, 7) is 2.05. The molecule has 11 heavy (non-hydrogen) atoms. The quantitative estimate of drug-likeness (QED) is 0.568. The lowest BCUT2D eigenvalue weighted by Gasteiger charge is -2.18. The van der Waals surface area contributed by atoms with Crippen LogP contribution in [0.3, 0.4) is 0 Å². The maximum Gasteiger partial charge on any atom is -0.0235 e. The zero-order chi connectivity index (χ0) is 7.68. The summed E-state index contributed by atoms with van der Waals surface area (Å²) in [5.74, 6) is 0. The van der Waals surface area contributed by atoms with Gasteiger partial charge in [0, 0.05) is 0 Å². The molecular formula is C11H12. The summed E-state index contributed by atoms with van der Waals surface area (Å²) in [6, 6.07) is 6.73. The molecule has 0 saturated heterocycles. The van der Waals surface area contributed by atoms with Crippen LogP contribution in [-0.4, -0.2) is 0 Å². The van der Waals surface area contributed by atoms with E-state index >= 15 is 0 Å². The van der Waals surface area contributed by atoms with Crippen molar-refractivity contribution in [1.29, 1.82) is 0 Å². The van der Waals surface area contributed by atoms with E-state index in [1.54, 1.807) is 11.1 Å². The molecule has 0 radical (unpaired) electrons. The average molecular weight is 144 g/mol. The summed E-state index contributed by atoms with van der Waals surface area (Å²) in [6.07, 6.45) is 6.80. The van der Waals surface area contributed by atoms with Gasteiger partial charge in [-0.3, -0.25) is 0 Å². The molecule has 0 atom stereocenters. The molecule has 1 aromatic carbocycles. The van der Waals surface area contributed by atoms with Gasteiger partial charge in [0.25, 0.3) is 0 Å². The molecule has 0 bridgehead atoms. The van der Waals surface area contributed by atoms with Crippen molar-refractivity contribution >= 4 is 6.08 Å². The molecule has 0 fully saturated rings. The van der Waals surface area contributed by atoms with E-state index in [4.69, 9.17) is 0 Å². The second-order valence-corrected chi connectivity index (χ2v) is 3.03. The van der Waals surface area contributed by atoms with Crippen molar-refractivity contribution in [3.8, 4) is 0 Å². The van der Waals surface area contributed by atoms with Gasteiger partial charge in [0.15, 0.2) is 0 Å². The molecule has 1 aliphatic rings. The lowest BCUT2D eigenvalue weighted by atomic mass is 9.87. The van der Waals surface area contributed by atoms with Crippen molar-refractivity contribution in [2.45, 2.75) is 19.8 Å². The lowest BCUT2D eigenvalue weighted by Crippen LogP contribution is -2.07. The maximum absolute atomic E-state index is 2.29. The SMILES string of the molecule is C/C=C/c1ccc2c(c1)CC2. The van der Waals surface area contributed by atoms with E-state index < -0.39 is 0 Å². The predicted octanol–water partition coefficient (Wildman–Crippen LogP) is 2.82. The van der Waals surface area contributed by atoms with Gasteiger partial charge in [0.05, 0.1) is 0 Å². The number of hydrogen-bond acceptors (Lipinski definition) is 0. The van der Waals surface area contributed by atoms with Gasteiger partial charge in [0.1, 0.15) is 0 Å². The van der Waals surface area contributed by atoms with Gasteiger partial charge < -0.3 is 0 Å². The summed E-state index contributed by atoms with van der Waals surface area (Å²) in [4.78, 5) is 0. The first-order chi connectivity index (χ1) is 5.40. The van der Waals surface area contributed by atoms with Crippen molar-refractivity contribution in [3.63, 3.8) is 0 Å². The first-order valence-electron chi connectivity index (χ1n) is 4.14. The number of hydrogen-bond donors (Lipinski definition) is 0. The van der Waals surface area contributed by atoms with Crippen LogP contribution in [0.25, 0.3) is 6.08 Å². The van der Waals surface area contributed by atoms with Gasteiger partial charge in [-0.2, -0.15) is 0 Å². The Bertz CT molecular complexity index is 295. The van der Waals surface area contributed by atoms with Crippen molar-refractivity contribution in [3.05, 3.63) is 41.0 Å². The fourth-order valence-electron chi connectivity index (χ4n) is 1.51. The second-order valence-electron chi connectivity index (χ2n) is 3.03. The summed E-state index contributed by atoms with van der Waals surface area (Å²) in [7, 11) is 0. The molecule has 2 rings (SSSR count). The molecule has 0 heterocycles. The number of benzene rings is 1. The number of allylic oxidation sites excluding steroid dienone is 1. The van der Waals surface area contributed by atoms with Crippen LogP contribution < -0.4 is 0 Å². The molecule has 0 saturated carbocycles. The van der Waals surface area contributed by atoms with E-state index in [2.05, 4.69) is 37.3 Å². The monoisotopic (exact) mass is 144 g/mol. The minimum absolute atomic E-state index is 1.28. The summed E-state index contributed by atoms with van der Waals surface area (Å²) >= 11 is 0. The van der Waals surface area contributed by atoms with Crippen LogP contribution in [0.1, 0.15) is 23.6 Å². The Kier molecular flexibility index (Phi) is 1.54. The van der Waals surface area contributed by atoms with Crippen molar-refractivity contribution < 1.29 is 0 Å². The van der Waals surface area contributed by atoms with Crippen LogP contribution in [0, 0.1) is 0 Å². The molecule has 0 N–H and O–H groups in total. The Morgan fingerprint density at radius 2 is 2.00 bits per heavy atom. The predicted molar refractivity (Wildman–Crippen MR) is 48.6 cm³/mol. The Balaban J connectivity index is 2.38. The van der Waals surface area contributed by atoms with Gasteiger partial charge in [-0.05, 0) is 36.5 Å². The summed E-state index contributed by atoms with van der Waals surface area (Å²) < 4.78 is 0. The molecule has 1 aliphatic carbocycles. The smallest absolute Gasteiger partial charge is 0.0235 e. The largest absolute Gasteiger partial charge is 0.0871 e. The highest BCUT2D eigenvalue weighted by Crippen LogP contribution is 2.23. The number of rotatable bonds is 1. The van der Waals surface area contributed by atoms with Crippen LogP contribution in [0.2, 0.25) is 0 Å². The zero-order valence-electron chi connectivity index (χ0n) is 6.80. The Labute approximate surface area is 67.6 Å². The second kappa shape index (κ2) is 2.54. The topological polar surface area (TPSA) is 0 Å². The third kappa shape index (κ3) is 1.09. The molecule has 0 aromatic heterocycles. The van der Waals surface area contributed by atoms with Crippen molar-refractivity contribution in [1.82, 2.24) is 0 Å². The van der Waals surface area contributed by atoms with Crippen LogP contribution in [0.5, 0.6) is 0 Å². The first-order valence-corrected chi connectivity index (χ1v) is 4.14. The third-order valence-corrected chi connectivity index (χ3v) is 2.25. The molecule has 0 heteroatoms. The molecule has 1 aromatic rings. The van der Waals surface area contributed by atoms with Gasteiger partial charge >= 0.3 is 0 Å². The minimum Gasteiger partial charge on any atom is -0.0871 e. The third-order valence-electron chi connectivity index (χ3n) is 2.25. The van der Waals surface area contributed by atoms with Gasteiger partial charge in [-0.25, -0.2) is 0 Å². The molecule has 0 unspecified atom stereocenters. The van der Waals surface area contributed by atoms with Gasteiger partial charge in [-0.15, -0.1) is 0 Å². The molecular weight excluding hydrogens is 132 g/mol. The van der Waals surface area contributed by atoms with Gasteiger partial charge in [0.2, 0.25) is 0 Å². The number of fused-ring (bicyclic) bond motifs is 1. The van der Waals surface area contributed by atoms with E-state index in [9.17, 15) is 0 Å². The molecule has 0 amide bonds. The van der Waals surface area contributed by atoms with Crippen LogP contribution >= 0.6 is 0 Å². The molecule has 0 spiro atoms. The fourth-order valence-corrected chi connectivity index (χ4v) is 1.51. The van der Waals surface area contributed by atoms with Crippen LogP contribution in [0.4, 0.5) is 0 Å². The van der Waals surface area contributed by atoms with Crippen molar-refractivity contribution in [2.75, 3.05) is 0 Å². The van der Waals surface area contributed by atoms with Crippen molar-refractivity contribution in [2.24, 2.45) is 0 Å². The van der Waals surface area contributed by atoms with E-state index in [0.29, 0.717) is 0 Å². The van der Waals surface area contributed by atoms with E-state index in [1.807, 2.05) is 0 Å². The lowest BCUT2D eigenvalue weighted by molar-refractivity contribution is 0.839. The molecule has 0 aliphatic heterocycles. The van der Waals surface area contributed by atoms with E-state index in [1.165, 1.54) is 18.4 Å². The summed E-state index contributed by atoms with van der Waals surface area (Å²) in [5.41, 5.74) is 4.42. The maximum atomic E-state index is 2.29. The normalized spacial score (nSPS) is 14.6. The highest BCUT2D eigenvalue weighted by atomic mass is 14.2. The molecule has 0 nitrogen and oxygen atoms in total. The van der Waals surface area contributed by atoms with E-state index in [0.717, 1.165) is 0 Å². The highest BCUT2D eigenvalue weighted by Gasteiger charge is 2.11. The standard InChI is InChI=1S/C11H12/c1-2-3-9-4-5-10-6-7-11(10)8-9/h2-5,8H,6-7H2,1H3/b3-2+. The first kappa shape index (κ1) is 6.66.